The van der Waals surface area contributed by atoms with Gasteiger partial charge < -0.3 is 8.98 Å². The summed E-state index contributed by atoms with van der Waals surface area (Å²) in [6.45, 7) is 0. The second-order valence-corrected chi connectivity index (χ2v) is 6.48. The lowest BCUT2D eigenvalue weighted by Crippen LogP contribution is -1.95. The normalized spacial score (nSPS) is 11.2. The Hall–Kier alpha value is -2.38. The van der Waals surface area contributed by atoms with Gasteiger partial charge in [0.05, 0.1) is 16.8 Å². The van der Waals surface area contributed by atoms with Gasteiger partial charge in [0.1, 0.15) is 5.82 Å². The number of nitrogens with zero attached hydrogens (tertiary/aromatic N) is 5. The fourth-order valence-electron chi connectivity index (χ4n) is 2.36. The van der Waals surface area contributed by atoms with E-state index in [0.717, 1.165) is 22.4 Å². The van der Waals surface area contributed by atoms with Gasteiger partial charge in [0.2, 0.25) is 5.89 Å². The van der Waals surface area contributed by atoms with Gasteiger partial charge >= 0.3 is 0 Å². The van der Waals surface area contributed by atoms with Crippen molar-refractivity contribution >= 4 is 34.4 Å². The molecule has 0 aliphatic heterocycles. The van der Waals surface area contributed by atoms with Crippen LogP contribution in [0, 0.1) is 0 Å². The molecule has 120 valence electrons. The number of imidazole rings is 1. The number of hydrogen-bond donors (Lipinski definition) is 0. The fraction of sp³-hybridized carbons (Fsp3) is 0.125. The van der Waals surface area contributed by atoms with Crippen LogP contribution in [-0.4, -0.2) is 24.7 Å². The molecule has 0 aliphatic carbocycles. The van der Waals surface area contributed by atoms with Crippen molar-refractivity contribution in [2.75, 3.05) is 0 Å². The van der Waals surface area contributed by atoms with Crippen molar-refractivity contribution in [1.82, 2.24) is 24.7 Å². The third-order valence-corrected chi connectivity index (χ3v) is 4.64. The van der Waals surface area contributed by atoms with E-state index in [2.05, 4.69) is 20.2 Å². The number of aryl methyl sites for hydroxylation is 1. The Morgan fingerprint density at radius 3 is 2.83 bits per heavy atom. The standard InChI is InChI=1S/C16H12ClN5OS/c1-22-13-3-2-11(17)8-12(13)19-14(22)9-24-16-21-20-15(23-16)10-4-6-18-7-5-10/h2-8H,9H2,1H3. The van der Waals surface area contributed by atoms with Crippen molar-refractivity contribution in [3.05, 3.63) is 53.6 Å². The van der Waals surface area contributed by atoms with E-state index in [1.54, 1.807) is 12.4 Å². The number of aromatic nitrogens is 5. The van der Waals surface area contributed by atoms with E-state index in [-0.39, 0.29) is 0 Å². The summed E-state index contributed by atoms with van der Waals surface area (Å²) in [5, 5.41) is 9.32. The third kappa shape index (κ3) is 2.88. The molecule has 24 heavy (non-hydrogen) atoms. The number of halogens is 1. The average molecular weight is 358 g/mol. The molecule has 0 unspecified atom stereocenters. The van der Waals surface area contributed by atoms with Crippen LogP contribution < -0.4 is 0 Å². The largest absolute Gasteiger partial charge is 0.411 e. The zero-order valence-electron chi connectivity index (χ0n) is 12.7. The predicted octanol–water partition coefficient (Wildman–Crippen LogP) is 3.96. The number of pyridine rings is 1. The summed E-state index contributed by atoms with van der Waals surface area (Å²) >= 11 is 7.47. The fourth-order valence-corrected chi connectivity index (χ4v) is 3.27. The summed E-state index contributed by atoms with van der Waals surface area (Å²) < 4.78 is 7.72. The van der Waals surface area contributed by atoms with Gasteiger partial charge in [-0.05, 0) is 30.3 Å². The molecule has 4 aromatic rings. The highest BCUT2D eigenvalue weighted by Crippen LogP contribution is 2.27. The van der Waals surface area contributed by atoms with Gasteiger partial charge in [-0.2, -0.15) is 0 Å². The van der Waals surface area contributed by atoms with Crippen molar-refractivity contribution < 1.29 is 4.42 Å². The van der Waals surface area contributed by atoms with E-state index >= 15 is 0 Å². The van der Waals surface area contributed by atoms with E-state index in [4.69, 9.17) is 16.0 Å². The Labute approximate surface area is 146 Å². The topological polar surface area (TPSA) is 69.6 Å². The van der Waals surface area contributed by atoms with E-state index in [9.17, 15) is 0 Å². The van der Waals surface area contributed by atoms with Crippen molar-refractivity contribution in [3.8, 4) is 11.5 Å². The molecule has 0 fully saturated rings. The van der Waals surface area contributed by atoms with Gasteiger partial charge in [-0.1, -0.05) is 23.4 Å². The Bertz CT molecular complexity index is 998. The number of thioether (sulfide) groups is 1. The molecule has 0 amide bonds. The average Bonchev–Trinajstić information content (AvgIpc) is 3.19. The monoisotopic (exact) mass is 357 g/mol. The van der Waals surface area contributed by atoms with Crippen LogP contribution in [0.1, 0.15) is 5.82 Å². The molecule has 0 bridgehead atoms. The molecule has 0 aliphatic rings. The first-order valence-electron chi connectivity index (χ1n) is 7.18. The minimum atomic E-state index is 0.483. The highest BCUT2D eigenvalue weighted by atomic mass is 35.5. The first-order chi connectivity index (χ1) is 11.7. The molecule has 8 heteroatoms. The minimum Gasteiger partial charge on any atom is -0.411 e. The summed E-state index contributed by atoms with van der Waals surface area (Å²) in [6, 6.07) is 9.35. The summed E-state index contributed by atoms with van der Waals surface area (Å²) in [5.41, 5.74) is 2.77. The molecule has 3 heterocycles. The van der Waals surface area contributed by atoms with Crippen LogP contribution in [0.15, 0.2) is 52.4 Å². The molecule has 0 saturated carbocycles. The molecule has 0 N–H and O–H groups in total. The van der Waals surface area contributed by atoms with Crippen LogP contribution in [0.2, 0.25) is 5.02 Å². The second-order valence-electron chi connectivity index (χ2n) is 5.12. The number of fused-ring (bicyclic) bond motifs is 1. The smallest absolute Gasteiger partial charge is 0.277 e. The Balaban J connectivity index is 1.53. The first-order valence-corrected chi connectivity index (χ1v) is 8.54. The van der Waals surface area contributed by atoms with E-state index in [1.165, 1.54) is 11.8 Å². The Morgan fingerprint density at radius 2 is 2.00 bits per heavy atom. The lowest BCUT2D eigenvalue weighted by atomic mass is 10.3. The van der Waals surface area contributed by atoms with Crippen molar-refractivity contribution in [3.63, 3.8) is 0 Å². The predicted molar refractivity (Wildman–Crippen MR) is 92.8 cm³/mol. The summed E-state index contributed by atoms with van der Waals surface area (Å²) in [7, 11) is 1.98. The van der Waals surface area contributed by atoms with E-state index in [0.29, 0.717) is 21.9 Å². The van der Waals surface area contributed by atoms with Gasteiger partial charge in [-0.15, -0.1) is 10.2 Å². The van der Waals surface area contributed by atoms with Crippen LogP contribution in [0.25, 0.3) is 22.5 Å². The molecule has 0 radical (unpaired) electrons. The van der Waals surface area contributed by atoms with Crippen molar-refractivity contribution in [2.24, 2.45) is 7.05 Å². The number of hydrogen-bond acceptors (Lipinski definition) is 6. The van der Waals surface area contributed by atoms with Gasteiger partial charge in [0, 0.05) is 30.0 Å². The van der Waals surface area contributed by atoms with E-state index < -0.39 is 0 Å². The SMILES string of the molecule is Cn1c(CSc2nnc(-c3ccncc3)o2)nc2cc(Cl)ccc21. The summed E-state index contributed by atoms with van der Waals surface area (Å²) in [4.78, 5) is 8.59. The maximum Gasteiger partial charge on any atom is 0.277 e. The molecule has 6 nitrogen and oxygen atoms in total. The van der Waals surface area contributed by atoms with Crippen LogP contribution in [0.4, 0.5) is 0 Å². The minimum absolute atomic E-state index is 0.483. The summed E-state index contributed by atoms with van der Waals surface area (Å²) in [6.07, 6.45) is 3.38. The molecule has 4 rings (SSSR count). The van der Waals surface area contributed by atoms with Gasteiger partial charge in [-0.25, -0.2) is 4.98 Å². The Morgan fingerprint density at radius 1 is 1.17 bits per heavy atom. The maximum atomic E-state index is 6.02. The van der Waals surface area contributed by atoms with Crippen LogP contribution >= 0.6 is 23.4 Å². The molecule has 1 aromatic carbocycles. The molecular formula is C16H12ClN5OS. The molecular weight excluding hydrogens is 346 g/mol. The zero-order chi connectivity index (χ0) is 16.5. The molecule has 0 spiro atoms. The lowest BCUT2D eigenvalue weighted by molar-refractivity contribution is 0.465. The van der Waals surface area contributed by atoms with Gasteiger partial charge in [0.25, 0.3) is 5.22 Å². The number of rotatable bonds is 4. The van der Waals surface area contributed by atoms with Crippen LogP contribution in [0.3, 0.4) is 0 Å². The zero-order valence-corrected chi connectivity index (χ0v) is 14.3. The van der Waals surface area contributed by atoms with Gasteiger partial charge in [0.15, 0.2) is 0 Å². The lowest BCUT2D eigenvalue weighted by Gasteiger charge is -2.00. The van der Waals surface area contributed by atoms with Crippen LogP contribution in [-0.2, 0) is 12.8 Å². The van der Waals surface area contributed by atoms with Gasteiger partial charge in [-0.3, -0.25) is 4.98 Å². The van der Waals surface area contributed by atoms with Crippen molar-refractivity contribution in [1.29, 1.82) is 0 Å². The first kappa shape index (κ1) is 15.2. The second kappa shape index (κ2) is 6.26. The maximum absolute atomic E-state index is 6.02. The summed E-state index contributed by atoms with van der Waals surface area (Å²) in [5.74, 6) is 2.03. The van der Waals surface area contributed by atoms with Crippen LogP contribution in [0.5, 0.6) is 0 Å². The molecule has 0 atom stereocenters. The molecule has 3 aromatic heterocycles. The third-order valence-electron chi connectivity index (χ3n) is 3.59. The highest BCUT2D eigenvalue weighted by Gasteiger charge is 2.12. The highest BCUT2D eigenvalue weighted by molar-refractivity contribution is 7.98. The quantitative estimate of drug-likeness (QED) is 0.515. The van der Waals surface area contributed by atoms with Crippen molar-refractivity contribution in [2.45, 2.75) is 11.0 Å². The number of benzene rings is 1. The Kier molecular flexibility index (Phi) is 3.95. The van der Waals surface area contributed by atoms with E-state index in [1.807, 2.05) is 41.9 Å². The molecule has 0 saturated heterocycles.